The number of aliphatic carboxylic acids is 1. The molecular formula is C12H14ClNO3S. The number of benzene rings is 1. The molecule has 98 valence electrons. The summed E-state index contributed by atoms with van der Waals surface area (Å²) >= 11 is 7.11. The van der Waals surface area contributed by atoms with Crippen molar-refractivity contribution in [2.75, 3.05) is 0 Å². The summed E-state index contributed by atoms with van der Waals surface area (Å²) in [6, 6.07) is 6.24. The number of thioether (sulfide) groups is 1. The summed E-state index contributed by atoms with van der Waals surface area (Å²) < 4.78 is 0. The molecular weight excluding hydrogens is 274 g/mol. The first-order valence-electron chi connectivity index (χ1n) is 5.35. The third kappa shape index (κ3) is 4.58. The van der Waals surface area contributed by atoms with E-state index in [1.54, 1.807) is 19.1 Å². The van der Waals surface area contributed by atoms with E-state index < -0.39 is 12.0 Å². The van der Waals surface area contributed by atoms with Crippen molar-refractivity contribution in [2.45, 2.75) is 30.0 Å². The quantitative estimate of drug-likeness (QED) is 0.816. The average molecular weight is 288 g/mol. The van der Waals surface area contributed by atoms with Gasteiger partial charge in [-0.25, -0.2) is 0 Å². The predicted octanol–water partition coefficient (Wildman–Crippen LogP) is 2.41. The van der Waals surface area contributed by atoms with Crippen molar-refractivity contribution in [1.29, 1.82) is 0 Å². The minimum atomic E-state index is -1.05. The number of rotatable bonds is 5. The van der Waals surface area contributed by atoms with E-state index in [2.05, 4.69) is 5.32 Å². The number of hydrogen-bond acceptors (Lipinski definition) is 3. The zero-order chi connectivity index (χ0) is 13.7. The number of halogens is 1. The van der Waals surface area contributed by atoms with Crippen LogP contribution in [0.4, 0.5) is 0 Å². The van der Waals surface area contributed by atoms with Crippen LogP contribution in [-0.4, -0.2) is 28.3 Å². The van der Waals surface area contributed by atoms with Gasteiger partial charge in [-0.2, -0.15) is 0 Å². The average Bonchev–Trinajstić information content (AvgIpc) is 2.31. The molecule has 0 bridgehead atoms. The van der Waals surface area contributed by atoms with E-state index in [0.29, 0.717) is 5.02 Å². The van der Waals surface area contributed by atoms with Crippen molar-refractivity contribution in [1.82, 2.24) is 5.32 Å². The van der Waals surface area contributed by atoms with Crippen LogP contribution in [0.5, 0.6) is 0 Å². The maximum atomic E-state index is 11.7. The lowest BCUT2D eigenvalue weighted by Gasteiger charge is -2.14. The highest BCUT2D eigenvalue weighted by atomic mass is 35.5. The van der Waals surface area contributed by atoms with Crippen LogP contribution in [0.15, 0.2) is 29.2 Å². The van der Waals surface area contributed by atoms with E-state index in [4.69, 9.17) is 16.7 Å². The van der Waals surface area contributed by atoms with Crippen molar-refractivity contribution in [3.63, 3.8) is 0 Å². The van der Waals surface area contributed by atoms with Crippen molar-refractivity contribution < 1.29 is 14.7 Å². The molecule has 1 amide bonds. The van der Waals surface area contributed by atoms with Crippen LogP contribution in [0.3, 0.4) is 0 Å². The summed E-state index contributed by atoms with van der Waals surface area (Å²) in [6.07, 6.45) is 0. The molecule has 0 aliphatic rings. The number of carbonyl (C=O) groups is 2. The molecule has 1 aromatic carbocycles. The number of nitrogens with one attached hydrogen (secondary N) is 1. The molecule has 0 spiro atoms. The molecule has 2 atom stereocenters. The fourth-order valence-corrected chi connectivity index (χ4v) is 2.17. The molecule has 0 radical (unpaired) electrons. The molecule has 0 aliphatic carbocycles. The van der Waals surface area contributed by atoms with E-state index >= 15 is 0 Å². The zero-order valence-electron chi connectivity index (χ0n) is 10.0. The van der Waals surface area contributed by atoms with Gasteiger partial charge in [-0.1, -0.05) is 11.6 Å². The number of carbonyl (C=O) groups excluding carboxylic acids is 1. The van der Waals surface area contributed by atoms with Gasteiger partial charge < -0.3 is 10.4 Å². The largest absolute Gasteiger partial charge is 0.480 e. The Hall–Kier alpha value is -1.20. The van der Waals surface area contributed by atoms with Gasteiger partial charge in [-0.05, 0) is 38.1 Å². The summed E-state index contributed by atoms with van der Waals surface area (Å²) in [7, 11) is 0. The van der Waals surface area contributed by atoms with Crippen LogP contribution in [0, 0.1) is 0 Å². The Balaban J connectivity index is 2.54. The van der Waals surface area contributed by atoms with Gasteiger partial charge in [0.05, 0.1) is 5.25 Å². The Bertz CT molecular complexity index is 435. The summed E-state index contributed by atoms with van der Waals surface area (Å²) in [5.41, 5.74) is 0. The minimum absolute atomic E-state index is 0.301. The highest BCUT2D eigenvalue weighted by molar-refractivity contribution is 8.00. The van der Waals surface area contributed by atoms with Crippen LogP contribution >= 0.6 is 23.4 Å². The molecule has 18 heavy (non-hydrogen) atoms. The Morgan fingerprint density at radius 3 is 2.33 bits per heavy atom. The maximum Gasteiger partial charge on any atom is 0.325 e. The second kappa shape index (κ2) is 6.66. The molecule has 0 aliphatic heterocycles. The summed E-state index contributed by atoms with van der Waals surface area (Å²) in [6.45, 7) is 3.16. The number of carboxylic acids is 1. The van der Waals surface area contributed by atoms with E-state index in [0.717, 1.165) is 4.90 Å². The van der Waals surface area contributed by atoms with E-state index in [1.165, 1.54) is 18.7 Å². The second-order valence-electron chi connectivity index (χ2n) is 3.78. The fraction of sp³-hybridized carbons (Fsp3) is 0.333. The van der Waals surface area contributed by atoms with E-state index in [9.17, 15) is 9.59 Å². The molecule has 1 unspecified atom stereocenters. The lowest BCUT2D eigenvalue weighted by atomic mass is 10.3. The summed E-state index contributed by atoms with van der Waals surface area (Å²) in [5, 5.41) is 11.4. The van der Waals surface area contributed by atoms with Crippen LogP contribution in [0.1, 0.15) is 13.8 Å². The molecule has 2 N–H and O–H groups in total. The maximum absolute atomic E-state index is 11.7. The molecule has 1 rings (SSSR count). The summed E-state index contributed by atoms with van der Waals surface area (Å²) in [4.78, 5) is 23.2. The topological polar surface area (TPSA) is 66.4 Å². The molecule has 0 heterocycles. The van der Waals surface area contributed by atoms with Gasteiger partial charge >= 0.3 is 5.97 Å². The molecule has 0 saturated heterocycles. The predicted molar refractivity (Wildman–Crippen MR) is 72.0 cm³/mol. The highest BCUT2D eigenvalue weighted by Gasteiger charge is 2.19. The molecule has 0 aromatic heterocycles. The number of hydrogen-bond donors (Lipinski definition) is 2. The van der Waals surface area contributed by atoms with Crippen LogP contribution in [0.2, 0.25) is 5.02 Å². The fourth-order valence-electron chi connectivity index (χ4n) is 1.16. The standard InChI is InChI=1S/C12H14ClNO3S/c1-7(12(16)17)14-11(15)8(2)18-10-5-3-9(13)4-6-10/h3-8H,1-2H3,(H,14,15)(H,16,17)/t7-,8?/m1/s1. The Kier molecular flexibility index (Phi) is 5.50. The Morgan fingerprint density at radius 2 is 1.83 bits per heavy atom. The first kappa shape index (κ1) is 14.9. The van der Waals surface area contributed by atoms with Crippen LogP contribution < -0.4 is 5.32 Å². The Morgan fingerprint density at radius 1 is 1.28 bits per heavy atom. The lowest BCUT2D eigenvalue weighted by molar-refractivity contribution is -0.141. The second-order valence-corrected chi connectivity index (χ2v) is 5.63. The van der Waals surface area contributed by atoms with Crippen molar-refractivity contribution in [2.24, 2.45) is 0 Å². The zero-order valence-corrected chi connectivity index (χ0v) is 11.6. The molecule has 6 heteroatoms. The minimum Gasteiger partial charge on any atom is -0.480 e. The van der Waals surface area contributed by atoms with Gasteiger partial charge in [0.1, 0.15) is 6.04 Å². The van der Waals surface area contributed by atoms with Crippen molar-refractivity contribution >= 4 is 35.2 Å². The van der Waals surface area contributed by atoms with Crippen LogP contribution in [-0.2, 0) is 9.59 Å². The third-order valence-electron chi connectivity index (χ3n) is 2.22. The van der Waals surface area contributed by atoms with Crippen LogP contribution in [0.25, 0.3) is 0 Å². The number of carboxylic acid groups (broad SMARTS) is 1. The molecule has 0 fully saturated rings. The van der Waals surface area contributed by atoms with E-state index in [1.807, 2.05) is 12.1 Å². The monoisotopic (exact) mass is 287 g/mol. The molecule has 4 nitrogen and oxygen atoms in total. The van der Waals surface area contributed by atoms with Gasteiger partial charge in [-0.15, -0.1) is 11.8 Å². The SMILES string of the molecule is CC(Sc1ccc(Cl)cc1)C(=O)N[C@H](C)C(=O)O. The van der Waals surface area contributed by atoms with Crippen molar-refractivity contribution in [3.8, 4) is 0 Å². The van der Waals surface area contributed by atoms with Gasteiger partial charge in [0.25, 0.3) is 0 Å². The van der Waals surface area contributed by atoms with Crippen molar-refractivity contribution in [3.05, 3.63) is 29.3 Å². The van der Waals surface area contributed by atoms with Gasteiger partial charge in [0, 0.05) is 9.92 Å². The first-order valence-corrected chi connectivity index (χ1v) is 6.61. The number of amides is 1. The van der Waals surface area contributed by atoms with Gasteiger partial charge in [0.2, 0.25) is 5.91 Å². The normalized spacial score (nSPS) is 13.7. The Labute approximate surface area is 115 Å². The summed E-state index contributed by atoms with van der Waals surface area (Å²) in [5.74, 6) is -1.35. The first-order chi connectivity index (χ1) is 8.40. The van der Waals surface area contributed by atoms with Gasteiger partial charge in [0.15, 0.2) is 0 Å². The molecule has 1 aromatic rings. The highest BCUT2D eigenvalue weighted by Crippen LogP contribution is 2.24. The third-order valence-corrected chi connectivity index (χ3v) is 3.59. The molecule has 0 saturated carbocycles. The lowest BCUT2D eigenvalue weighted by Crippen LogP contribution is -2.41. The van der Waals surface area contributed by atoms with E-state index in [-0.39, 0.29) is 11.2 Å². The van der Waals surface area contributed by atoms with Gasteiger partial charge in [-0.3, -0.25) is 9.59 Å². The smallest absolute Gasteiger partial charge is 0.325 e.